The molecule has 1 aliphatic rings. The van der Waals surface area contributed by atoms with Gasteiger partial charge in [0.05, 0.1) is 32.9 Å². The van der Waals surface area contributed by atoms with Crippen molar-refractivity contribution in [2.24, 2.45) is 0 Å². The molecule has 0 aromatic heterocycles. The van der Waals surface area contributed by atoms with E-state index in [1.165, 1.54) is 26.2 Å². The molecule has 3 N–H and O–H groups in total. The minimum Gasteiger partial charge on any atom is -0.394 e. The summed E-state index contributed by atoms with van der Waals surface area (Å²) in [5.74, 6) is 0. The van der Waals surface area contributed by atoms with Crippen LogP contribution in [0.15, 0.2) is 0 Å². The van der Waals surface area contributed by atoms with Crippen LogP contribution in [0.5, 0.6) is 0 Å². The van der Waals surface area contributed by atoms with Gasteiger partial charge in [0, 0.05) is 19.6 Å². The van der Waals surface area contributed by atoms with Gasteiger partial charge in [-0.25, -0.2) is 0 Å². The van der Waals surface area contributed by atoms with Crippen LogP contribution in [0, 0.1) is 0 Å². The number of quaternary nitrogens is 1. The summed E-state index contributed by atoms with van der Waals surface area (Å²) in [5.41, 5.74) is 0. The average molecular weight is 175 g/mol. The molecule has 0 amide bonds. The lowest BCUT2D eigenvalue weighted by Crippen LogP contribution is -2.89. The monoisotopic (exact) mass is 175 g/mol. The van der Waals surface area contributed by atoms with Gasteiger partial charge in [0.2, 0.25) is 0 Å². The highest BCUT2D eigenvalue weighted by molar-refractivity contribution is 4.57. The zero-order chi connectivity index (χ0) is 8.65. The number of hydrogen-bond donors (Lipinski definition) is 2. The summed E-state index contributed by atoms with van der Waals surface area (Å²) < 4.78 is 5.18. The lowest BCUT2D eigenvalue weighted by molar-refractivity contribution is -0.663. The van der Waals surface area contributed by atoms with Gasteiger partial charge in [0.15, 0.2) is 0 Å². The van der Waals surface area contributed by atoms with Crippen LogP contribution >= 0.6 is 0 Å². The largest absolute Gasteiger partial charge is 0.394 e. The lowest BCUT2D eigenvalue weighted by atomic mass is 10.4. The van der Waals surface area contributed by atoms with Gasteiger partial charge in [-0.15, -0.1) is 0 Å². The molecule has 1 saturated heterocycles. The molecule has 1 aliphatic heterocycles. The molecule has 1 rings (SSSR count). The Labute approximate surface area is 73.5 Å². The number of hydrogen-bond acceptors (Lipinski definition) is 3. The molecule has 0 aliphatic carbocycles. The number of piperazine rings is 1. The van der Waals surface area contributed by atoms with Gasteiger partial charge in [-0.1, -0.05) is 0 Å². The van der Waals surface area contributed by atoms with Gasteiger partial charge in [0.1, 0.15) is 0 Å². The minimum absolute atomic E-state index is 0.133. The molecule has 72 valence electrons. The Bertz CT molecular complexity index is 105. The van der Waals surface area contributed by atoms with Crippen LogP contribution < -0.4 is 5.32 Å². The van der Waals surface area contributed by atoms with Crippen LogP contribution in [0.1, 0.15) is 0 Å². The van der Waals surface area contributed by atoms with Gasteiger partial charge in [-0.05, 0) is 0 Å². The smallest absolute Gasteiger partial charge is 0.0885 e. The van der Waals surface area contributed by atoms with Crippen LogP contribution in [0.25, 0.3) is 0 Å². The van der Waals surface area contributed by atoms with Crippen LogP contribution in [-0.4, -0.2) is 62.6 Å². The third-order valence-corrected chi connectivity index (χ3v) is 2.09. The van der Waals surface area contributed by atoms with Gasteiger partial charge in [-0.3, -0.25) is 4.90 Å². The first-order chi connectivity index (χ1) is 5.93. The molecule has 1 heterocycles. The van der Waals surface area contributed by atoms with E-state index < -0.39 is 0 Å². The van der Waals surface area contributed by atoms with Crippen LogP contribution in [0.3, 0.4) is 0 Å². The maximum absolute atomic E-state index is 8.46. The molecule has 0 bridgehead atoms. The van der Waals surface area contributed by atoms with Crippen molar-refractivity contribution in [1.29, 1.82) is 0 Å². The van der Waals surface area contributed by atoms with Gasteiger partial charge in [-0.2, -0.15) is 0 Å². The van der Waals surface area contributed by atoms with E-state index >= 15 is 0 Å². The summed E-state index contributed by atoms with van der Waals surface area (Å²) in [6.45, 7) is 7.12. The van der Waals surface area contributed by atoms with E-state index in [4.69, 9.17) is 9.84 Å². The molecule has 12 heavy (non-hydrogen) atoms. The standard InChI is InChI=1S/C8H18N2O2/c11-6-8-12-7-5-10-3-1-9-2-4-10/h9,11H,1-8H2/p+1. The van der Waals surface area contributed by atoms with Gasteiger partial charge in [0.25, 0.3) is 0 Å². The summed E-state index contributed by atoms with van der Waals surface area (Å²) in [6.07, 6.45) is 0. The third-order valence-electron chi connectivity index (χ3n) is 2.09. The molecule has 4 heteroatoms. The predicted octanol–water partition coefficient (Wildman–Crippen LogP) is -2.13. The van der Waals surface area contributed by atoms with Gasteiger partial charge < -0.3 is 15.2 Å². The number of rotatable bonds is 5. The number of ether oxygens (including phenoxy) is 1. The lowest BCUT2D eigenvalue weighted by Gasteiger charge is -2.24. The highest BCUT2D eigenvalue weighted by Gasteiger charge is 2.10. The van der Waals surface area contributed by atoms with Crippen molar-refractivity contribution in [2.75, 3.05) is 52.5 Å². The Balaban J connectivity index is 1.91. The molecule has 1 fully saturated rings. The topological polar surface area (TPSA) is 49.3 Å². The normalized spacial score (nSPS) is 19.8. The first-order valence-electron chi connectivity index (χ1n) is 4.66. The highest BCUT2D eigenvalue weighted by Crippen LogP contribution is 1.87. The van der Waals surface area contributed by atoms with Crippen LogP contribution in [0.4, 0.5) is 0 Å². The molecule has 4 nitrogen and oxygen atoms in total. The van der Waals surface area contributed by atoms with Crippen molar-refractivity contribution in [3.63, 3.8) is 0 Å². The van der Waals surface area contributed by atoms with Crippen molar-refractivity contribution >= 4 is 0 Å². The summed E-state index contributed by atoms with van der Waals surface area (Å²) in [7, 11) is 0. The van der Waals surface area contributed by atoms with E-state index in [-0.39, 0.29) is 6.61 Å². The summed E-state index contributed by atoms with van der Waals surface area (Å²) in [5, 5.41) is 10.8. The van der Waals surface area contributed by atoms with Crippen molar-refractivity contribution in [2.45, 2.75) is 0 Å². The third kappa shape index (κ3) is 4.01. The first kappa shape index (κ1) is 9.92. The fourth-order valence-electron chi connectivity index (χ4n) is 1.39. The molecule has 0 atom stereocenters. The van der Waals surface area contributed by atoms with E-state index in [0.717, 1.165) is 13.2 Å². The van der Waals surface area contributed by atoms with Crippen LogP contribution in [0.2, 0.25) is 0 Å². The highest BCUT2D eigenvalue weighted by atomic mass is 16.5. The van der Waals surface area contributed by atoms with Crippen molar-refractivity contribution in [3.05, 3.63) is 0 Å². The predicted molar refractivity (Wildman–Crippen MR) is 46.0 cm³/mol. The SMILES string of the molecule is OCCOCCN1CC[NH2+]CC1. The Morgan fingerprint density at radius 3 is 2.67 bits per heavy atom. The number of nitrogens with zero attached hydrogens (tertiary/aromatic N) is 1. The number of aliphatic hydroxyl groups is 1. The molecule has 0 aromatic carbocycles. The Morgan fingerprint density at radius 1 is 1.25 bits per heavy atom. The Kier molecular flexibility index (Phi) is 5.27. The first-order valence-corrected chi connectivity index (χ1v) is 4.66. The summed E-state index contributed by atoms with van der Waals surface area (Å²) in [4.78, 5) is 2.40. The minimum atomic E-state index is 0.133. The molecule has 0 radical (unpaired) electrons. The van der Waals surface area contributed by atoms with Crippen molar-refractivity contribution in [3.8, 4) is 0 Å². The second-order valence-corrected chi connectivity index (χ2v) is 3.04. The van der Waals surface area contributed by atoms with Gasteiger partial charge >= 0.3 is 0 Å². The Morgan fingerprint density at radius 2 is 2.00 bits per heavy atom. The second-order valence-electron chi connectivity index (χ2n) is 3.04. The van der Waals surface area contributed by atoms with E-state index in [2.05, 4.69) is 10.2 Å². The van der Waals surface area contributed by atoms with E-state index in [0.29, 0.717) is 6.61 Å². The molecule has 0 aromatic rings. The zero-order valence-electron chi connectivity index (χ0n) is 7.54. The molecular formula is C8H19N2O2+. The van der Waals surface area contributed by atoms with Crippen molar-refractivity contribution < 1.29 is 15.2 Å². The average Bonchev–Trinajstić information content (AvgIpc) is 2.14. The van der Waals surface area contributed by atoms with Crippen LogP contribution in [-0.2, 0) is 4.74 Å². The second kappa shape index (κ2) is 6.37. The van der Waals surface area contributed by atoms with E-state index in [1.807, 2.05) is 0 Å². The molecule has 0 unspecified atom stereocenters. The molecule has 0 spiro atoms. The number of aliphatic hydroxyl groups excluding tert-OH is 1. The quantitative estimate of drug-likeness (QED) is 0.469. The zero-order valence-corrected chi connectivity index (χ0v) is 7.54. The van der Waals surface area contributed by atoms with Crippen molar-refractivity contribution in [1.82, 2.24) is 4.90 Å². The van der Waals surface area contributed by atoms with E-state index in [1.54, 1.807) is 0 Å². The fraction of sp³-hybridized carbons (Fsp3) is 1.00. The Hall–Kier alpha value is -0.160. The maximum Gasteiger partial charge on any atom is 0.0885 e. The number of nitrogens with two attached hydrogens (primary N) is 1. The fourth-order valence-corrected chi connectivity index (χ4v) is 1.39. The summed E-state index contributed by atoms with van der Waals surface area (Å²) >= 11 is 0. The molecule has 0 saturated carbocycles. The maximum atomic E-state index is 8.46. The summed E-state index contributed by atoms with van der Waals surface area (Å²) in [6, 6.07) is 0. The van der Waals surface area contributed by atoms with E-state index in [9.17, 15) is 0 Å². The molecular weight excluding hydrogens is 156 g/mol.